The van der Waals surface area contributed by atoms with Crippen molar-refractivity contribution in [2.75, 3.05) is 5.01 Å². The van der Waals surface area contributed by atoms with Gasteiger partial charge in [-0.15, -0.1) is 0 Å². The summed E-state index contributed by atoms with van der Waals surface area (Å²) in [7, 11) is 0. The van der Waals surface area contributed by atoms with Crippen LogP contribution in [0, 0.1) is 11.8 Å². The maximum Gasteiger partial charge on any atom is 0.0958 e. The molecule has 2 heteroatoms. The van der Waals surface area contributed by atoms with E-state index >= 15 is 0 Å². The average Bonchev–Trinajstić information content (AvgIpc) is 3.34. The van der Waals surface area contributed by atoms with E-state index in [1.807, 2.05) is 30.3 Å². The Morgan fingerprint density at radius 2 is 1.26 bits per heavy atom. The molecule has 1 atom stereocenters. The van der Waals surface area contributed by atoms with Crippen LogP contribution in [0.1, 0.15) is 53.6 Å². The summed E-state index contributed by atoms with van der Waals surface area (Å²) in [5.41, 5.74) is 11.7. The Balaban J connectivity index is 1.43. The molecule has 0 saturated carbocycles. The van der Waals surface area contributed by atoms with Crippen LogP contribution < -0.4 is 10.4 Å². The van der Waals surface area contributed by atoms with Crippen LogP contribution in [0.15, 0.2) is 115 Å². The van der Waals surface area contributed by atoms with Gasteiger partial charge in [-0.1, -0.05) is 98.5 Å². The molecule has 1 heterocycles. The summed E-state index contributed by atoms with van der Waals surface area (Å²) in [4.78, 5) is 0. The molecule has 166 valence electrons. The quantitative estimate of drug-likeness (QED) is 0.335. The Labute approximate surface area is 202 Å². The number of benzene rings is 4. The Kier molecular flexibility index (Phi) is 6.19. The van der Waals surface area contributed by atoms with Gasteiger partial charge >= 0.3 is 0 Å². The molecular weight excluding hydrogens is 412 g/mol. The molecule has 0 amide bonds. The second-order valence-electron chi connectivity index (χ2n) is 8.86. The third-order valence-corrected chi connectivity index (χ3v) is 6.14. The lowest BCUT2D eigenvalue weighted by Crippen LogP contribution is -2.33. The lowest BCUT2D eigenvalue weighted by Gasteiger charge is -2.28. The molecular formula is C32H28N2. The Hall–Kier alpha value is -4.22. The number of hydrogen-bond donors (Lipinski definition) is 1. The highest BCUT2D eigenvalue weighted by atomic mass is 15.5. The maximum atomic E-state index is 3.65. The highest BCUT2D eigenvalue weighted by molar-refractivity contribution is 5.72. The smallest absolute Gasteiger partial charge is 0.0958 e. The number of para-hydroxylation sites is 1. The minimum absolute atomic E-state index is 0.108. The van der Waals surface area contributed by atoms with Crippen LogP contribution in [-0.4, -0.2) is 0 Å². The summed E-state index contributed by atoms with van der Waals surface area (Å²) in [6.07, 6.45) is 2.31. The van der Waals surface area contributed by atoms with Crippen molar-refractivity contribution >= 4 is 11.4 Å². The van der Waals surface area contributed by atoms with Crippen molar-refractivity contribution in [1.29, 1.82) is 0 Å². The van der Waals surface area contributed by atoms with E-state index in [4.69, 9.17) is 0 Å². The standard InChI is InChI=1S/C32H28N2/c1-24(2)27-19-21-29(22-20-27)32-23-31(33-34(32)30-11-7-4-8-12-30)28-17-15-26(16-18-28)14-13-25-9-5-3-6-10-25/h3-12,15-24,32-33H,1-2H3. The first-order valence-corrected chi connectivity index (χ1v) is 11.8. The SMILES string of the molecule is CC(C)c1ccc(C2C=C(c3ccc(C#Cc4ccccc4)cc3)NN2c2ccccc2)cc1. The Morgan fingerprint density at radius 3 is 1.88 bits per heavy atom. The molecule has 0 radical (unpaired) electrons. The van der Waals surface area contributed by atoms with Crippen LogP contribution in [0.2, 0.25) is 0 Å². The van der Waals surface area contributed by atoms with Crippen molar-refractivity contribution in [2.45, 2.75) is 25.8 Å². The van der Waals surface area contributed by atoms with E-state index < -0.39 is 0 Å². The zero-order valence-corrected chi connectivity index (χ0v) is 19.6. The summed E-state index contributed by atoms with van der Waals surface area (Å²) < 4.78 is 0. The van der Waals surface area contributed by atoms with Gasteiger partial charge < -0.3 is 0 Å². The predicted molar refractivity (Wildman–Crippen MR) is 142 cm³/mol. The first kappa shape index (κ1) is 21.6. The topological polar surface area (TPSA) is 15.3 Å². The van der Waals surface area contributed by atoms with Gasteiger partial charge in [0, 0.05) is 11.1 Å². The lowest BCUT2D eigenvalue weighted by atomic mass is 9.98. The molecule has 1 aliphatic rings. The van der Waals surface area contributed by atoms with E-state index in [-0.39, 0.29) is 6.04 Å². The minimum Gasteiger partial charge on any atom is -0.297 e. The summed E-state index contributed by atoms with van der Waals surface area (Å²) >= 11 is 0. The number of nitrogens with zero attached hydrogens (tertiary/aromatic N) is 1. The fourth-order valence-electron chi connectivity index (χ4n) is 4.17. The number of nitrogens with one attached hydrogen (secondary N) is 1. The van der Waals surface area contributed by atoms with Crippen LogP contribution in [0.4, 0.5) is 5.69 Å². The molecule has 4 aromatic carbocycles. The van der Waals surface area contributed by atoms with Crippen LogP contribution >= 0.6 is 0 Å². The molecule has 4 aromatic rings. The molecule has 1 aliphatic heterocycles. The molecule has 0 spiro atoms. The van der Waals surface area contributed by atoms with E-state index in [9.17, 15) is 0 Å². The van der Waals surface area contributed by atoms with E-state index in [0.717, 1.165) is 28.1 Å². The largest absolute Gasteiger partial charge is 0.297 e. The number of hydrogen-bond acceptors (Lipinski definition) is 2. The third-order valence-electron chi connectivity index (χ3n) is 6.14. The van der Waals surface area contributed by atoms with E-state index in [0.29, 0.717) is 5.92 Å². The predicted octanol–water partition coefficient (Wildman–Crippen LogP) is 7.32. The molecule has 0 fully saturated rings. The second kappa shape index (κ2) is 9.73. The summed E-state index contributed by atoms with van der Waals surface area (Å²) in [6.45, 7) is 4.46. The van der Waals surface area contributed by atoms with Crippen LogP contribution in [0.25, 0.3) is 5.70 Å². The van der Waals surface area contributed by atoms with Gasteiger partial charge in [0.2, 0.25) is 0 Å². The molecule has 1 unspecified atom stereocenters. The monoisotopic (exact) mass is 440 g/mol. The second-order valence-corrected chi connectivity index (χ2v) is 8.86. The number of anilines is 1. The minimum atomic E-state index is 0.108. The van der Waals surface area contributed by atoms with Crippen molar-refractivity contribution in [3.63, 3.8) is 0 Å². The fourth-order valence-corrected chi connectivity index (χ4v) is 4.17. The molecule has 1 N–H and O–H groups in total. The Bertz CT molecular complexity index is 1320. The number of hydrazine groups is 1. The van der Waals surface area contributed by atoms with Gasteiger partial charge in [0.1, 0.15) is 0 Å². The lowest BCUT2D eigenvalue weighted by molar-refractivity contribution is 0.723. The van der Waals surface area contributed by atoms with Crippen molar-refractivity contribution in [1.82, 2.24) is 5.43 Å². The average molecular weight is 441 g/mol. The van der Waals surface area contributed by atoms with E-state index in [1.54, 1.807) is 0 Å². The summed E-state index contributed by atoms with van der Waals surface area (Å²) in [5.74, 6) is 7.02. The van der Waals surface area contributed by atoms with Crippen LogP contribution in [0.5, 0.6) is 0 Å². The fraction of sp³-hybridized carbons (Fsp3) is 0.125. The highest BCUT2D eigenvalue weighted by Gasteiger charge is 2.27. The van der Waals surface area contributed by atoms with E-state index in [2.05, 4.69) is 121 Å². The van der Waals surface area contributed by atoms with Gasteiger partial charge in [-0.3, -0.25) is 10.4 Å². The van der Waals surface area contributed by atoms with Gasteiger partial charge in [0.05, 0.1) is 17.4 Å². The highest BCUT2D eigenvalue weighted by Crippen LogP contribution is 2.35. The van der Waals surface area contributed by atoms with Gasteiger partial charge in [-0.2, -0.15) is 0 Å². The molecule has 0 aliphatic carbocycles. The molecule has 5 rings (SSSR count). The van der Waals surface area contributed by atoms with Gasteiger partial charge in [-0.05, 0) is 65.1 Å². The molecule has 34 heavy (non-hydrogen) atoms. The van der Waals surface area contributed by atoms with Crippen molar-refractivity contribution in [3.05, 3.63) is 143 Å². The first-order valence-electron chi connectivity index (χ1n) is 11.8. The summed E-state index contributed by atoms with van der Waals surface area (Å²) in [5, 5.41) is 2.24. The number of rotatable bonds is 4. The van der Waals surface area contributed by atoms with E-state index in [1.165, 1.54) is 11.1 Å². The van der Waals surface area contributed by atoms with Crippen molar-refractivity contribution in [3.8, 4) is 11.8 Å². The molecule has 0 aromatic heterocycles. The first-order chi connectivity index (χ1) is 16.7. The normalized spacial score (nSPS) is 14.9. The molecule has 0 bridgehead atoms. The molecule has 2 nitrogen and oxygen atoms in total. The van der Waals surface area contributed by atoms with Crippen LogP contribution in [0.3, 0.4) is 0 Å². The maximum absolute atomic E-state index is 3.65. The van der Waals surface area contributed by atoms with Gasteiger partial charge in [0.15, 0.2) is 0 Å². The zero-order valence-electron chi connectivity index (χ0n) is 19.6. The summed E-state index contributed by atoms with van der Waals surface area (Å²) in [6, 6.07) is 38.1. The molecule has 0 saturated heterocycles. The van der Waals surface area contributed by atoms with Gasteiger partial charge in [0.25, 0.3) is 0 Å². The Morgan fingerprint density at radius 1 is 0.676 bits per heavy atom. The van der Waals surface area contributed by atoms with Crippen LogP contribution in [-0.2, 0) is 0 Å². The third kappa shape index (κ3) is 4.75. The zero-order chi connectivity index (χ0) is 23.3. The van der Waals surface area contributed by atoms with Gasteiger partial charge in [-0.25, -0.2) is 0 Å². The van der Waals surface area contributed by atoms with Crippen molar-refractivity contribution < 1.29 is 0 Å². The van der Waals surface area contributed by atoms with Crippen molar-refractivity contribution in [2.24, 2.45) is 0 Å².